The molecule has 5 heteroatoms. The Morgan fingerprint density at radius 2 is 2.06 bits per heavy atom. The van der Waals surface area contributed by atoms with E-state index in [-0.39, 0.29) is 5.82 Å². The summed E-state index contributed by atoms with van der Waals surface area (Å²) in [6.07, 6.45) is 1.65. The van der Waals surface area contributed by atoms with E-state index in [1.807, 2.05) is 26.8 Å². The first-order chi connectivity index (χ1) is 7.88. The van der Waals surface area contributed by atoms with Crippen molar-refractivity contribution < 1.29 is 4.39 Å². The predicted molar refractivity (Wildman–Crippen MR) is 63.3 cm³/mol. The molecule has 0 aliphatic heterocycles. The number of aryl methyl sites for hydroxylation is 1. The Balaban J connectivity index is 2.44. The van der Waals surface area contributed by atoms with Crippen molar-refractivity contribution in [1.29, 1.82) is 0 Å². The summed E-state index contributed by atoms with van der Waals surface area (Å²) in [5.74, 6) is -0.323. The minimum absolute atomic E-state index is 0.323. The van der Waals surface area contributed by atoms with Crippen LogP contribution >= 0.6 is 0 Å². The second-order valence-electron chi connectivity index (χ2n) is 4.72. The van der Waals surface area contributed by atoms with E-state index in [9.17, 15) is 4.39 Å². The van der Waals surface area contributed by atoms with Crippen molar-refractivity contribution in [3.05, 3.63) is 41.5 Å². The van der Waals surface area contributed by atoms with Gasteiger partial charge in [-0.15, -0.1) is 5.10 Å². The number of nitrogens with zero attached hydrogens (tertiary/aromatic N) is 3. The van der Waals surface area contributed by atoms with Crippen LogP contribution in [0.15, 0.2) is 24.4 Å². The maximum atomic E-state index is 13.7. The quantitative estimate of drug-likeness (QED) is 0.863. The van der Waals surface area contributed by atoms with Gasteiger partial charge in [0.05, 0.1) is 11.7 Å². The summed E-state index contributed by atoms with van der Waals surface area (Å²) in [5.41, 5.74) is 7.18. The Morgan fingerprint density at radius 1 is 1.35 bits per heavy atom. The first-order valence-corrected chi connectivity index (χ1v) is 5.36. The number of hydrogen-bond donors (Lipinski definition) is 1. The molecule has 1 aromatic carbocycles. The molecule has 2 rings (SSSR count). The zero-order valence-corrected chi connectivity index (χ0v) is 10.1. The van der Waals surface area contributed by atoms with Gasteiger partial charge in [-0.05, 0) is 38.5 Å². The molecule has 1 aromatic heterocycles. The fraction of sp³-hybridized carbons (Fsp3) is 0.333. The summed E-state index contributed by atoms with van der Waals surface area (Å²) in [4.78, 5) is 0. The van der Waals surface area contributed by atoms with Gasteiger partial charge in [0.2, 0.25) is 0 Å². The van der Waals surface area contributed by atoms with E-state index in [4.69, 9.17) is 5.73 Å². The topological polar surface area (TPSA) is 56.7 Å². The van der Waals surface area contributed by atoms with Gasteiger partial charge >= 0.3 is 0 Å². The maximum Gasteiger partial charge on any atom is 0.149 e. The number of halogens is 1. The fourth-order valence-corrected chi connectivity index (χ4v) is 1.47. The number of rotatable bonds is 2. The second-order valence-corrected chi connectivity index (χ2v) is 4.72. The summed E-state index contributed by atoms with van der Waals surface area (Å²) < 4.78 is 15.1. The van der Waals surface area contributed by atoms with E-state index in [1.54, 1.807) is 12.3 Å². The van der Waals surface area contributed by atoms with E-state index in [0.29, 0.717) is 11.4 Å². The van der Waals surface area contributed by atoms with Crippen molar-refractivity contribution in [1.82, 2.24) is 15.0 Å². The summed E-state index contributed by atoms with van der Waals surface area (Å²) in [5, 5.41) is 7.84. The Hall–Kier alpha value is -1.75. The van der Waals surface area contributed by atoms with Gasteiger partial charge in [-0.1, -0.05) is 11.3 Å². The monoisotopic (exact) mass is 234 g/mol. The zero-order chi connectivity index (χ0) is 12.6. The highest BCUT2D eigenvalue weighted by molar-refractivity contribution is 5.35. The van der Waals surface area contributed by atoms with Gasteiger partial charge in [0.25, 0.3) is 0 Å². The van der Waals surface area contributed by atoms with Crippen LogP contribution in [0.1, 0.15) is 25.1 Å². The van der Waals surface area contributed by atoms with Crippen LogP contribution in [-0.4, -0.2) is 15.0 Å². The van der Waals surface area contributed by atoms with Crippen LogP contribution in [0, 0.1) is 12.7 Å². The lowest BCUT2D eigenvalue weighted by Crippen LogP contribution is -2.29. The molecule has 0 aliphatic carbocycles. The van der Waals surface area contributed by atoms with Crippen LogP contribution in [-0.2, 0) is 5.54 Å². The highest BCUT2D eigenvalue weighted by Crippen LogP contribution is 2.17. The van der Waals surface area contributed by atoms with Gasteiger partial charge in [0, 0.05) is 0 Å². The molecule has 0 radical (unpaired) electrons. The van der Waals surface area contributed by atoms with E-state index < -0.39 is 5.54 Å². The lowest BCUT2D eigenvalue weighted by Gasteiger charge is -2.13. The van der Waals surface area contributed by atoms with Crippen molar-refractivity contribution >= 4 is 0 Å². The third-order valence-corrected chi connectivity index (χ3v) is 2.50. The predicted octanol–water partition coefficient (Wildman–Crippen LogP) is 1.91. The van der Waals surface area contributed by atoms with E-state index in [1.165, 1.54) is 10.7 Å². The third kappa shape index (κ3) is 2.34. The number of aromatic nitrogens is 3. The largest absolute Gasteiger partial charge is 0.320 e. The second kappa shape index (κ2) is 3.92. The van der Waals surface area contributed by atoms with Crippen molar-refractivity contribution in [3.63, 3.8) is 0 Å². The van der Waals surface area contributed by atoms with Gasteiger partial charge < -0.3 is 5.73 Å². The van der Waals surface area contributed by atoms with Crippen LogP contribution in [0.4, 0.5) is 4.39 Å². The van der Waals surface area contributed by atoms with E-state index in [2.05, 4.69) is 10.3 Å². The molecule has 0 unspecified atom stereocenters. The number of hydrogen-bond acceptors (Lipinski definition) is 3. The Kier molecular flexibility index (Phi) is 2.71. The molecule has 4 nitrogen and oxygen atoms in total. The molecule has 2 aromatic rings. The highest BCUT2D eigenvalue weighted by atomic mass is 19.1. The molecule has 0 spiro atoms. The van der Waals surface area contributed by atoms with Crippen LogP contribution in [0.2, 0.25) is 0 Å². The minimum Gasteiger partial charge on any atom is -0.320 e. The maximum absolute atomic E-state index is 13.7. The molecule has 0 atom stereocenters. The van der Waals surface area contributed by atoms with Crippen molar-refractivity contribution in [2.24, 2.45) is 5.73 Å². The molecule has 0 saturated heterocycles. The molecule has 0 bridgehead atoms. The first-order valence-electron chi connectivity index (χ1n) is 5.36. The first kappa shape index (κ1) is 11.7. The highest BCUT2D eigenvalue weighted by Gasteiger charge is 2.19. The molecule has 90 valence electrons. The van der Waals surface area contributed by atoms with E-state index >= 15 is 0 Å². The van der Waals surface area contributed by atoms with Gasteiger partial charge in [0.1, 0.15) is 17.2 Å². The molecule has 0 saturated carbocycles. The van der Waals surface area contributed by atoms with Crippen molar-refractivity contribution in [2.45, 2.75) is 26.3 Å². The molecule has 0 fully saturated rings. The molecular formula is C12H15FN4. The Bertz CT molecular complexity index is 540. The molecule has 2 N–H and O–H groups in total. The Labute approximate surface area is 99.2 Å². The molecule has 0 aliphatic rings. The van der Waals surface area contributed by atoms with Gasteiger partial charge in [-0.2, -0.15) is 0 Å². The summed E-state index contributed by atoms with van der Waals surface area (Å²) in [6.45, 7) is 5.49. The molecular weight excluding hydrogens is 219 g/mol. The van der Waals surface area contributed by atoms with Gasteiger partial charge in [0.15, 0.2) is 0 Å². The van der Waals surface area contributed by atoms with Crippen LogP contribution in [0.25, 0.3) is 5.69 Å². The normalized spacial score (nSPS) is 11.8. The van der Waals surface area contributed by atoms with Crippen molar-refractivity contribution in [3.8, 4) is 5.69 Å². The molecule has 1 heterocycles. The summed E-state index contributed by atoms with van der Waals surface area (Å²) in [6, 6.07) is 4.96. The minimum atomic E-state index is -0.584. The summed E-state index contributed by atoms with van der Waals surface area (Å²) in [7, 11) is 0. The zero-order valence-electron chi connectivity index (χ0n) is 10.1. The van der Waals surface area contributed by atoms with Gasteiger partial charge in [-0.3, -0.25) is 0 Å². The molecule has 0 amide bonds. The number of nitrogens with two attached hydrogens (primary N) is 1. The fourth-order valence-electron chi connectivity index (χ4n) is 1.47. The van der Waals surface area contributed by atoms with Crippen LogP contribution in [0.3, 0.4) is 0 Å². The summed E-state index contributed by atoms with van der Waals surface area (Å²) >= 11 is 0. The van der Waals surface area contributed by atoms with Crippen LogP contribution < -0.4 is 5.73 Å². The van der Waals surface area contributed by atoms with E-state index in [0.717, 1.165) is 5.56 Å². The van der Waals surface area contributed by atoms with Gasteiger partial charge in [-0.25, -0.2) is 9.07 Å². The third-order valence-electron chi connectivity index (χ3n) is 2.50. The van der Waals surface area contributed by atoms with Crippen LogP contribution in [0.5, 0.6) is 0 Å². The lowest BCUT2D eigenvalue weighted by molar-refractivity contribution is 0.533. The SMILES string of the molecule is Cc1ccc(-n2cc(C(C)(C)N)nn2)c(F)c1. The van der Waals surface area contributed by atoms with Crippen molar-refractivity contribution in [2.75, 3.05) is 0 Å². The smallest absolute Gasteiger partial charge is 0.149 e. The number of benzene rings is 1. The standard InChI is InChI=1S/C12H15FN4/c1-8-4-5-10(9(13)6-8)17-7-11(15-16-17)12(2,3)14/h4-7H,14H2,1-3H3. The average molecular weight is 234 g/mol. The Morgan fingerprint density at radius 3 is 2.59 bits per heavy atom. The lowest BCUT2D eigenvalue weighted by atomic mass is 10.0. The average Bonchev–Trinajstić information content (AvgIpc) is 2.65. The molecule has 17 heavy (non-hydrogen) atoms.